The highest BCUT2D eigenvalue weighted by Gasteiger charge is 2.36. The third-order valence-electron chi connectivity index (χ3n) is 5.46. The average Bonchev–Trinajstić information content (AvgIpc) is 2.48. The second-order valence-electron chi connectivity index (χ2n) is 7.37. The third-order valence-corrected chi connectivity index (χ3v) is 5.46. The van der Waals surface area contributed by atoms with Gasteiger partial charge in [0.05, 0.1) is 6.54 Å². The molecule has 4 heteroatoms. The molecule has 2 aliphatic rings. The summed E-state index contributed by atoms with van der Waals surface area (Å²) in [6.07, 6.45) is 8.76. The summed E-state index contributed by atoms with van der Waals surface area (Å²) in [5, 5.41) is 3.46. The first-order chi connectivity index (χ1) is 10.0. The number of hydrogen-bond acceptors (Lipinski definition) is 3. The van der Waals surface area contributed by atoms with Crippen LogP contribution in [0.3, 0.4) is 0 Å². The zero-order chi connectivity index (χ0) is 15.3. The van der Waals surface area contributed by atoms with Gasteiger partial charge >= 0.3 is 0 Å². The molecule has 0 bridgehead atoms. The zero-order valence-electron chi connectivity index (χ0n) is 14.2. The molecule has 2 rings (SSSR count). The van der Waals surface area contributed by atoms with Crippen molar-refractivity contribution in [3.63, 3.8) is 0 Å². The number of piperidine rings is 1. The molecule has 0 spiro atoms. The quantitative estimate of drug-likeness (QED) is 0.844. The summed E-state index contributed by atoms with van der Waals surface area (Å²) in [5.41, 5.74) is 0.236. The van der Waals surface area contributed by atoms with Crippen LogP contribution in [0, 0.1) is 5.92 Å². The van der Waals surface area contributed by atoms with E-state index in [9.17, 15) is 4.79 Å². The van der Waals surface area contributed by atoms with E-state index in [4.69, 9.17) is 0 Å². The molecule has 1 heterocycles. The van der Waals surface area contributed by atoms with Gasteiger partial charge in [0.15, 0.2) is 0 Å². The number of likely N-dealkylation sites (tertiary alicyclic amines) is 1. The van der Waals surface area contributed by atoms with Crippen LogP contribution in [0.15, 0.2) is 0 Å². The minimum atomic E-state index is 0.236. The van der Waals surface area contributed by atoms with Gasteiger partial charge in [0, 0.05) is 25.2 Å². The van der Waals surface area contributed by atoms with Crippen molar-refractivity contribution in [3.8, 4) is 0 Å². The molecule has 2 unspecified atom stereocenters. The molecule has 122 valence electrons. The largest absolute Gasteiger partial charge is 0.342 e. The van der Waals surface area contributed by atoms with Crippen molar-refractivity contribution in [1.29, 1.82) is 0 Å². The molecule has 1 saturated carbocycles. The summed E-state index contributed by atoms with van der Waals surface area (Å²) in [7, 11) is 4.37. The molecule has 1 aliphatic carbocycles. The van der Waals surface area contributed by atoms with Crippen LogP contribution in [0.2, 0.25) is 0 Å². The monoisotopic (exact) mass is 295 g/mol. The van der Waals surface area contributed by atoms with Gasteiger partial charge in [0.1, 0.15) is 0 Å². The molecule has 1 saturated heterocycles. The Bertz CT molecular complexity index is 339. The molecular weight excluding hydrogens is 262 g/mol. The summed E-state index contributed by atoms with van der Waals surface area (Å²) in [4.78, 5) is 16.6. The molecule has 2 atom stereocenters. The highest BCUT2D eigenvalue weighted by molar-refractivity contribution is 5.78. The maximum Gasteiger partial charge on any atom is 0.236 e. The Labute approximate surface area is 130 Å². The van der Waals surface area contributed by atoms with Crippen LogP contribution in [0.25, 0.3) is 0 Å². The van der Waals surface area contributed by atoms with Gasteiger partial charge in [-0.1, -0.05) is 19.8 Å². The van der Waals surface area contributed by atoms with E-state index in [2.05, 4.69) is 31.2 Å². The van der Waals surface area contributed by atoms with Crippen molar-refractivity contribution >= 4 is 5.91 Å². The Morgan fingerprint density at radius 3 is 2.57 bits per heavy atom. The van der Waals surface area contributed by atoms with Crippen LogP contribution in [0.4, 0.5) is 0 Å². The summed E-state index contributed by atoms with van der Waals surface area (Å²) in [6.45, 7) is 5.71. The normalized spacial score (nSPS) is 30.7. The van der Waals surface area contributed by atoms with Gasteiger partial charge in [-0.25, -0.2) is 0 Å². The third kappa shape index (κ3) is 4.43. The first-order valence-electron chi connectivity index (χ1n) is 8.69. The number of nitrogens with zero attached hydrogens (tertiary/aromatic N) is 2. The maximum absolute atomic E-state index is 12.2. The van der Waals surface area contributed by atoms with E-state index < -0.39 is 0 Å². The van der Waals surface area contributed by atoms with E-state index in [1.165, 1.54) is 44.9 Å². The second-order valence-corrected chi connectivity index (χ2v) is 7.37. The summed E-state index contributed by atoms with van der Waals surface area (Å²) in [6, 6.07) is 0. The molecule has 0 aromatic carbocycles. The average molecular weight is 295 g/mol. The number of hydrogen-bond donors (Lipinski definition) is 1. The Balaban J connectivity index is 1.80. The number of nitrogens with one attached hydrogen (secondary N) is 1. The van der Waals surface area contributed by atoms with Crippen LogP contribution in [-0.4, -0.2) is 61.5 Å². The van der Waals surface area contributed by atoms with Crippen molar-refractivity contribution in [3.05, 3.63) is 0 Å². The Kier molecular flexibility index (Phi) is 6.06. The van der Waals surface area contributed by atoms with E-state index in [0.29, 0.717) is 6.54 Å². The highest BCUT2D eigenvalue weighted by Crippen LogP contribution is 2.35. The lowest BCUT2D eigenvalue weighted by Crippen LogP contribution is -2.55. The zero-order valence-corrected chi connectivity index (χ0v) is 14.2. The maximum atomic E-state index is 12.2. The predicted molar refractivity (Wildman–Crippen MR) is 87.4 cm³/mol. The fourth-order valence-electron chi connectivity index (χ4n) is 4.01. The van der Waals surface area contributed by atoms with Crippen LogP contribution in [-0.2, 0) is 4.79 Å². The van der Waals surface area contributed by atoms with E-state index in [1.54, 1.807) is 0 Å². The van der Waals surface area contributed by atoms with E-state index in [-0.39, 0.29) is 11.4 Å². The number of amides is 1. The van der Waals surface area contributed by atoms with Crippen molar-refractivity contribution < 1.29 is 4.79 Å². The summed E-state index contributed by atoms with van der Waals surface area (Å²) >= 11 is 0. The van der Waals surface area contributed by atoms with Crippen LogP contribution >= 0.6 is 0 Å². The lowest BCUT2D eigenvalue weighted by molar-refractivity contribution is -0.131. The van der Waals surface area contributed by atoms with Gasteiger partial charge in [-0.05, 0) is 52.1 Å². The first kappa shape index (κ1) is 16.8. The van der Waals surface area contributed by atoms with Gasteiger partial charge in [-0.15, -0.1) is 0 Å². The Hall–Kier alpha value is -0.610. The minimum absolute atomic E-state index is 0.236. The Morgan fingerprint density at radius 1 is 1.24 bits per heavy atom. The molecule has 1 aliphatic heterocycles. The smallest absolute Gasteiger partial charge is 0.236 e. The topological polar surface area (TPSA) is 35.6 Å². The first-order valence-corrected chi connectivity index (χ1v) is 8.69. The summed E-state index contributed by atoms with van der Waals surface area (Å²) < 4.78 is 0. The van der Waals surface area contributed by atoms with Crippen molar-refractivity contribution in [2.24, 2.45) is 5.92 Å². The van der Waals surface area contributed by atoms with Gasteiger partial charge in [-0.3, -0.25) is 4.79 Å². The number of carbonyl (C=O) groups is 1. The molecule has 1 amide bonds. The van der Waals surface area contributed by atoms with Gasteiger partial charge in [0.2, 0.25) is 5.91 Å². The van der Waals surface area contributed by atoms with Gasteiger partial charge < -0.3 is 15.1 Å². The fraction of sp³-hybridized carbons (Fsp3) is 0.941. The summed E-state index contributed by atoms with van der Waals surface area (Å²) in [5.74, 6) is 1.08. The predicted octanol–water partition coefficient (Wildman–Crippen LogP) is 2.10. The SMILES string of the molecule is CC1CCCC(CNCC(=O)N2CCCCC2)(N(C)C)C1. The molecule has 0 aromatic rings. The molecule has 2 fully saturated rings. The van der Waals surface area contributed by atoms with Gasteiger partial charge in [-0.2, -0.15) is 0 Å². The van der Waals surface area contributed by atoms with E-state index >= 15 is 0 Å². The molecule has 0 aromatic heterocycles. The molecule has 21 heavy (non-hydrogen) atoms. The van der Waals surface area contributed by atoms with Crippen LogP contribution in [0.1, 0.15) is 51.9 Å². The molecule has 4 nitrogen and oxygen atoms in total. The minimum Gasteiger partial charge on any atom is -0.342 e. The number of carbonyl (C=O) groups excluding carboxylic acids is 1. The van der Waals surface area contributed by atoms with Crippen LogP contribution < -0.4 is 5.32 Å². The van der Waals surface area contributed by atoms with Crippen molar-refractivity contribution in [2.45, 2.75) is 57.4 Å². The fourth-order valence-corrected chi connectivity index (χ4v) is 4.01. The van der Waals surface area contributed by atoms with Crippen molar-refractivity contribution in [1.82, 2.24) is 15.1 Å². The Morgan fingerprint density at radius 2 is 1.95 bits per heavy atom. The molecule has 1 N–H and O–H groups in total. The molecule has 0 radical (unpaired) electrons. The molecular formula is C17H33N3O. The van der Waals surface area contributed by atoms with Crippen LogP contribution in [0.5, 0.6) is 0 Å². The van der Waals surface area contributed by atoms with E-state index in [0.717, 1.165) is 25.6 Å². The van der Waals surface area contributed by atoms with E-state index in [1.807, 2.05) is 4.90 Å². The van der Waals surface area contributed by atoms with Gasteiger partial charge in [0.25, 0.3) is 0 Å². The standard InChI is InChI=1S/C17H33N3O/c1-15-8-7-9-17(12-15,19(2)3)14-18-13-16(21)20-10-5-4-6-11-20/h15,18H,4-14H2,1-3H3. The lowest BCUT2D eigenvalue weighted by atomic mass is 9.75. The number of likely N-dealkylation sites (N-methyl/N-ethyl adjacent to an activating group) is 1. The van der Waals surface area contributed by atoms with Crippen molar-refractivity contribution in [2.75, 3.05) is 40.3 Å². The lowest BCUT2D eigenvalue weighted by Gasteiger charge is -2.45. The second kappa shape index (κ2) is 7.59. The highest BCUT2D eigenvalue weighted by atomic mass is 16.2. The number of rotatable bonds is 5.